The van der Waals surface area contributed by atoms with E-state index in [-0.39, 0.29) is 5.41 Å². The van der Waals surface area contributed by atoms with Gasteiger partial charge in [0.05, 0.1) is 5.60 Å². The fraction of sp³-hybridized carbons (Fsp3) is 0.538. The Bertz CT molecular complexity index is 337. The number of rotatable bonds is 2. The third-order valence-corrected chi connectivity index (χ3v) is 3.55. The lowest BCUT2D eigenvalue weighted by atomic mass is 9.74. The van der Waals surface area contributed by atoms with Gasteiger partial charge in [-0.3, -0.25) is 0 Å². The van der Waals surface area contributed by atoms with Crippen LogP contribution in [0, 0.1) is 5.41 Å². The van der Waals surface area contributed by atoms with Crippen molar-refractivity contribution in [1.82, 2.24) is 0 Å². The lowest BCUT2D eigenvalue weighted by Gasteiger charge is -2.37. The molecule has 84 valence electrons. The van der Waals surface area contributed by atoms with Crippen LogP contribution in [0.1, 0.15) is 33.3 Å². The van der Waals surface area contributed by atoms with Crippen LogP contribution < -0.4 is 0 Å². The summed E-state index contributed by atoms with van der Waals surface area (Å²) in [5, 5.41) is 10.4. The first-order valence-electron chi connectivity index (χ1n) is 5.19. The van der Waals surface area contributed by atoms with Gasteiger partial charge in [-0.2, -0.15) is 0 Å². The Labute approximate surface area is 101 Å². The van der Waals surface area contributed by atoms with Gasteiger partial charge in [-0.05, 0) is 30.0 Å². The van der Waals surface area contributed by atoms with Crippen LogP contribution in [0.5, 0.6) is 0 Å². The molecule has 2 heteroatoms. The molecular formula is C13H19BrO. The maximum absolute atomic E-state index is 10.4. The minimum atomic E-state index is -0.687. The molecule has 0 saturated heterocycles. The fourth-order valence-corrected chi connectivity index (χ4v) is 1.76. The Morgan fingerprint density at radius 3 is 2.27 bits per heavy atom. The molecule has 0 fully saturated rings. The SMILES string of the molecule is CC(C)(C)C(C)(O)Cc1cccc(Br)c1. The summed E-state index contributed by atoms with van der Waals surface area (Å²) in [6, 6.07) is 8.10. The summed E-state index contributed by atoms with van der Waals surface area (Å²) in [5.41, 5.74) is 0.354. The Balaban J connectivity index is 2.87. The van der Waals surface area contributed by atoms with E-state index in [2.05, 4.69) is 42.8 Å². The summed E-state index contributed by atoms with van der Waals surface area (Å²) in [6.45, 7) is 8.08. The van der Waals surface area contributed by atoms with E-state index in [1.807, 2.05) is 25.1 Å². The van der Waals surface area contributed by atoms with E-state index in [0.29, 0.717) is 6.42 Å². The summed E-state index contributed by atoms with van der Waals surface area (Å²) in [6.07, 6.45) is 0.677. The summed E-state index contributed by atoms with van der Waals surface area (Å²) in [7, 11) is 0. The first kappa shape index (κ1) is 12.7. The molecule has 1 N–H and O–H groups in total. The maximum Gasteiger partial charge on any atom is 0.0707 e. The average Bonchev–Trinajstić information content (AvgIpc) is 2.00. The molecule has 0 aliphatic carbocycles. The average molecular weight is 271 g/mol. The van der Waals surface area contributed by atoms with E-state index in [1.54, 1.807) is 0 Å². The van der Waals surface area contributed by atoms with E-state index in [0.717, 1.165) is 10.0 Å². The van der Waals surface area contributed by atoms with Crippen LogP contribution >= 0.6 is 15.9 Å². The highest BCUT2D eigenvalue weighted by molar-refractivity contribution is 9.10. The Morgan fingerprint density at radius 2 is 1.80 bits per heavy atom. The topological polar surface area (TPSA) is 20.2 Å². The van der Waals surface area contributed by atoms with Crippen LogP contribution in [0.15, 0.2) is 28.7 Å². The van der Waals surface area contributed by atoms with Crippen molar-refractivity contribution in [3.63, 3.8) is 0 Å². The number of hydrogen-bond donors (Lipinski definition) is 1. The lowest BCUT2D eigenvalue weighted by Crippen LogP contribution is -2.41. The minimum absolute atomic E-state index is 0.116. The molecular weight excluding hydrogens is 252 g/mol. The second-order valence-corrected chi connectivity index (χ2v) is 6.25. The summed E-state index contributed by atoms with van der Waals surface area (Å²) in [4.78, 5) is 0. The number of hydrogen-bond acceptors (Lipinski definition) is 1. The van der Waals surface area contributed by atoms with E-state index in [4.69, 9.17) is 0 Å². The quantitative estimate of drug-likeness (QED) is 0.867. The molecule has 1 unspecified atom stereocenters. The summed E-state index contributed by atoms with van der Waals surface area (Å²) in [5.74, 6) is 0. The smallest absolute Gasteiger partial charge is 0.0707 e. The van der Waals surface area contributed by atoms with Gasteiger partial charge in [-0.25, -0.2) is 0 Å². The van der Waals surface area contributed by atoms with Crippen LogP contribution in [0.4, 0.5) is 0 Å². The largest absolute Gasteiger partial charge is 0.389 e. The molecule has 0 bridgehead atoms. The van der Waals surface area contributed by atoms with Crippen molar-refractivity contribution in [1.29, 1.82) is 0 Å². The molecule has 1 atom stereocenters. The molecule has 0 aliphatic rings. The van der Waals surface area contributed by atoms with Gasteiger partial charge in [0.25, 0.3) is 0 Å². The molecule has 0 aromatic heterocycles. The van der Waals surface area contributed by atoms with Gasteiger partial charge < -0.3 is 5.11 Å². The van der Waals surface area contributed by atoms with E-state index in [1.165, 1.54) is 0 Å². The summed E-state index contributed by atoms with van der Waals surface area (Å²) >= 11 is 3.44. The van der Waals surface area contributed by atoms with Gasteiger partial charge in [0.1, 0.15) is 0 Å². The fourth-order valence-electron chi connectivity index (χ4n) is 1.31. The monoisotopic (exact) mass is 270 g/mol. The zero-order valence-corrected chi connectivity index (χ0v) is 11.4. The first-order chi connectivity index (χ1) is 6.72. The molecule has 0 radical (unpaired) electrons. The maximum atomic E-state index is 10.4. The van der Waals surface area contributed by atoms with Crippen molar-refractivity contribution in [3.8, 4) is 0 Å². The van der Waals surface area contributed by atoms with Crippen molar-refractivity contribution in [2.45, 2.75) is 39.7 Å². The second-order valence-electron chi connectivity index (χ2n) is 5.33. The van der Waals surface area contributed by atoms with Crippen molar-refractivity contribution in [2.75, 3.05) is 0 Å². The number of halogens is 1. The first-order valence-corrected chi connectivity index (χ1v) is 5.98. The molecule has 0 amide bonds. The van der Waals surface area contributed by atoms with Crippen molar-refractivity contribution < 1.29 is 5.11 Å². The van der Waals surface area contributed by atoms with Crippen LogP contribution in [-0.2, 0) is 6.42 Å². The molecule has 0 aliphatic heterocycles. The van der Waals surface area contributed by atoms with Crippen LogP contribution in [0.3, 0.4) is 0 Å². The Hall–Kier alpha value is -0.340. The molecule has 1 aromatic rings. The predicted octanol–water partition coefficient (Wildman–Crippen LogP) is 3.79. The standard InChI is InChI=1S/C13H19BrO/c1-12(2,3)13(4,15)9-10-6-5-7-11(14)8-10/h5-8,15H,9H2,1-4H3. The molecule has 1 nitrogen and oxygen atoms in total. The zero-order valence-electron chi connectivity index (χ0n) is 9.84. The molecule has 1 aromatic carbocycles. The number of aliphatic hydroxyl groups is 1. The highest BCUT2D eigenvalue weighted by atomic mass is 79.9. The highest BCUT2D eigenvalue weighted by Crippen LogP contribution is 2.33. The van der Waals surface area contributed by atoms with Gasteiger partial charge in [0, 0.05) is 10.9 Å². The molecule has 15 heavy (non-hydrogen) atoms. The highest BCUT2D eigenvalue weighted by Gasteiger charge is 2.35. The van der Waals surface area contributed by atoms with Crippen LogP contribution in [0.2, 0.25) is 0 Å². The van der Waals surface area contributed by atoms with Crippen molar-refractivity contribution >= 4 is 15.9 Å². The van der Waals surface area contributed by atoms with Crippen molar-refractivity contribution in [3.05, 3.63) is 34.3 Å². The van der Waals surface area contributed by atoms with Gasteiger partial charge in [-0.1, -0.05) is 48.8 Å². The third-order valence-electron chi connectivity index (χ3n) is 3.05. The molecule has 0 saturated carbocycles. The van der Waals surface area contributed by atoms with E-state index >= 15 is 0 Å². The van der Waals surface area contributed by atoms with Gasteiger partial charge in [-0.15, -0.1) is 0 Å². The van der Waals surface area contributed by atoms with E-state index in [9.17, 15) is 5.11 Å². The second kappa shape index (κ2) is 4.26. The van der Waals surface area contributed by atoms with Crippen LogP contribution in [0.25, 0.3) is 0 Å². The number of benzene rings is 1. The molecule has 0 heterocycles. The van der Waals surface area contributed by atoms with Gasteiger partial charge >= 0.3 is 0 Å². The molecule has 1 rings (SSSR count). The molecule has 0 spiro atoms. The Morgan fingerprint density at radius 1 is 1.20 bits per heavy atom. The van der Waals surface area contributed by atoms with Gasteiger partial charge in [0.15, 0.2) is 0 Å². The Kier molecular flexibility index (Phi) is 3.62. The summed E-state index contributed by atoms with van der Waals surface area (Å²) < 4.78 is 1.06. The third kappa shape index (κ3) is 3.32. The normalized spacial score (nSPS) is 16.1. The van der Waals surface area contributed by atoms with Crippen LogP contribution in [-0.4, -0.2) is 10.7 Å². The van der Waals surface area contributed by atoms with E-state index < -0.39 is 5.60 Å². The lowest BCUT2D eigenvalue weighted by molar-refractivity contribution is -0.0405. The predicted molar refractivity (Wildman–Crippen MR) is 67.9 cm³/mol. The minimum Gasteiger partial charge on any atom is -0.389 e. The van der Waals surface area contributed by atoms with Gasteiger partial charge in [0.2, 0.25) is 0 Å². The zero-order chi connectivity index (χ0) is 11.7. The van der Waals surface area contributed by atoms with Crippen molar-refractivity contribution in [2.24, 2.45) is 5.41 Å².